The van der Waals surface area contributed by atoms with Crippen LogP contribution in [0, 0.1) is 0 Å². The van der Waals surface area contributed by atoms with E-state index in [1.807, 2.05) is 13.8 Å². The molecule has 2 nitrogen and oxygen atoms in total. The minimum Gasteiger partial charge on any atom is -0.399 e. The summed E-state index contributed by atoms with van der Waals surface area (Å²) >= 11 is 0. The number of benzene rings is 1. The van der Waals surface area contributed by atoms with Gasteiger partial charge in [0.05, 0.1) is 11.3 Å². The Bertz CT molecular complexity index is 372. The van der Waals surface area contributed by atoms with Gasteiger partial charge in [0.2, 0.25) is 0 Å². The molecule has 0 unspecified atom stereocenters. The number of anilines is 2. The molecule has 0 radical (unpaired) electrons. The minimum absolute atomic E-state index is 0.0251. The van der Waals surface area contributed by atoms with Crippen LogP contribution >= 0.6 is 0 Å². The first-order chi connectivity index (χ1) is 7.23. The van der Waals surface area contributed by atoms with Crippen LogP contribution in [0.25, 0.3) is 0 Å². The fourth-order valence-corrected chi connectivity index (χ4v) is 1.36. The van der Waals surface area contributed by atoms with Crippen molar-refractivity contribution < 1.29 is 13.2 Å². The van der Waals surface area contributed by atoms with Gasteiger partial charge in [0.1, 0.15) is 0 Å². The Labute approximate surface area is 92.9 Å². The van der Waals surface area contributed by atoms with Crippen LogP contribution in [-0.2, 0) is 6.18 Å². The molecule has 0 saturated heterocycles. The second-order valence-electron chi connectivity index (χ2n) is 3.98. The SMILES string of the molecule is CC(C)N(C)c1cc(N)ccc1C(F)(F)F. The third kappa shape index (κ3) is 2.59. The largest absolute Gasteiger partial charge is 0.418 e. The highest BCUT2D eigenvalue weighted by molar-refractivity contribution is 5.62. The molecule has 0 atom stereocenters. The third-order valence-corrected chi connectivity index (χ3v) is 2.48. The Balaban J connectivity index is 3.29. The zero-order chi connectivity index (χ0) is 12.5. The van der Waals surface area contributed by atoms with Gasteiger partial charge < -0.3 is 10.6 Å². The van der Waals surface area contributed by atoms with Gasteiger partial charge in [0, 0.05) is 18.8 Å². The maximum Gasteiger partial charge on any atom is 0.418 e. The maximum absolute atomic E-state index is 12.7. The van der Waals surface area contributed by atoms with E-state index in [0.29, 0.717) is 5.69 Å². The molecule has 0 aliphatic rings. The molecule has 0 aromatic heterocycles. The van der Waals surface area contributed by atoms with E-state index in [2.05, 4.69) is 0 Å². The molecule has 1 aromatic rings. The van der Waals surface area contributed by atoms with Crippen LogP contribution in [0.2, 0.25) is 0 Å². The van der Waals surface area contributed by atoms with Gasteiger partial charge in [-0.2, -0.15) is 13.2 Å². The molecule has 16 heavy (non-hydrogen) atoms. The van der Waals surface area contributed by atoms with Crippen LogP contribution in [0.1, 0.15) is 19.4 Å². The second-order valence-corrected chi connectivity index (χ2v) is 3.98. The summed E-state index contributed by atoms with van der Waals surface area (Å²) in [5.74, 6) is 0. The van der Waals surface area contributed by atoms with Crippen LogP contribution in [0.4, 0.5) is 24.5 Å². The van der Waals surface area contributed by atoms with Crippen molar-refractivity contribution in [1.29, 1.82) is 0 Å². The number of halogens is 3. The third-order valence-electron chi connectivity index (χ3n) is 2.48. The molecule has 0 fully saturated rings. The van der Waals surface area contributed by atoms with E-state index in [0.717, 1.165) is 6.07 Å². The standard InChI is InChI=1S/C11H15F3N2/c1-7(2)16(3)10-6-8(15)4-5-9(10)11(12,13)14/h4-7H,15H2,1-3H3. The molecule has 0 aliphatic carbocycles. The first-order valence-electron chi connectivity index (χ1n) is 4.93. The van der Waals surface area contributed by atoms with Crippen LogP contribution in [0.5, 0.6) is 0 Å². The molecule has 2 N–H and O–H groups in total. The number of alkyl halides is 3. The summed E-state index contributed by atoms with van der Waals surface area (Å²) in [6, 6.07) is 3.61. The fraction of sp³-hybridized carbons (Fsp3) is 0.455. The van der Waals surface area contributed by atoms with E-state index >= 15 is 0 Å². The van der Waals surface area contributed by atoms with E-state index in [-0.39, 0.29) is 11.7 Å². The summed E-state index contributed by atoms with van der Waals surface area (Å²) in [7, 11) is 1.62. The monoisotopic (exact) mass is 232 g/mol. The van der Waals surface area contributed by atoms with Crippen molar-refractivity contribution in [3.8, 4) is 0 Å². The quantitative estimate of drug-likeness (QED) is 0.794. The highest BCUT2D eigenvalue weighted by atomic mass is 19.4. The molecule has 0 bridgehead atoms. The molecule has 0 saturated carbocycles. The average Bonchev–Trinajstić information content (AvgIpc) is 2.14. The van der Waals surface area contributed by atoms with E-state index in [9.17, 15) is 13.2 Å². The van der Waals surface area contributed by atoms with Gasteiger partial charge in [-0.3, -0.25) is 0 Å². The minimum atomic E-state index is -4.35. The fourth-order valence-electron chi connectivity index (χ4n) is 1.36. The van der Waals surface area contributed by atoms with Gasteiger partial charge >= 0.3 is 6.18 Å². The second kappa shape index (κ2) is 4.23. The molecule has 0 amide bonds. The Hall–Kier alpha value is -1.39. The van der Waals surface area contributed by atoms with Crippen molar-refractivity contribution >= 4 is 11.4 Å². The molecule has 1 aromatic carbocycles. The van der Waals surface area contributed by atoms with E-state index in [1.54, 1.807) is 11.9 Å². The Morgan fingerprint density at radius 2 is 1.81 bits per heavy atom. The van der Waals surface area contributed by atoms with Crippen molar-refractivity contribution in [2.75, 3.05) is 17.7 Å². The Kier molecular flexibility index (Phi) is 3.35. The lowest BCUT2D eigenvalue weighted by molar-refractivity contribution is -0.137. The number of hydrogen-bond donors (Lipinski definition) is 1. The van der Waals surface area contributed by atoms with Crippen LogP contribution in [0.3, 0.4) is 0 Å². The molecule has 90 valence electrons. The topological polar surface area (TPSA) is 29.3 Å². The number of nitrogen functional groups attached to an aromatic ring is 1. The summed E-state index contributed by atoms with van der Waals surface area (Å²) in [5.41, 5.74) is 5.30. The summed E-state index contributed by atoms with van der Waals surface area (Å²) in [6.45, 7) is 3.65. The van der Waals surface area contributed by atoms with Crippen LogP contribution in [-0.4, -0.2) is 13.1 Å². The first-order valence-corrected chi connectivity index (χ1v) is 4.93. The van der Waals surface area contributed by atoms with E-state index in [1.165, 1.54) is 12.1 Å². The maximum atomic E-state index is 12.7. The number of rotatable bonds is 2. The number of nitrogens with two attached hydrogens (primary N) is 1. The number of nitrogens with zero attached hydrogens (tertiary/aromatic N) is 1. The zero-order valence-corrected chi connectivity index (χ0v) is 9.47. The molecule has 1 rings (SSSR count). The van der Waals surface area contributed by atoms with Crippen LogP contribution in [0.15, 0.2) is 18.2 Å². The Morgan fingerprint density at radius 1 is 1.25 bits per heavy atom. The van der Waals surface area contributed by atoms with E-state index in [4.69, 9.17) is 5.73 Å². The summed E-state index contributed by atoms with van der Waals surface area (Å²) < 4.78 is 38.2. The van der Waals surface area contributed by atoms with Gasteiger partial charge in [-0.15, -0.1) is 0 Å². The molecule has 0 heterocycles. The predicted molar refractivity (Wildman–Crippen MR) is 59.4 cm³/mol. The summed E-state index contributed by atoms with van der Waals surface area (Å²) in [4.78, 5) is 1.55. The first kappa shape index (κ1) is 12.7. The van der Waals surface area contributed by atoms with Crippen molar-refractivity contribution in [2.45, 2.75) is 26.1 Å². The smallest absolute Gasteiger partial charge is 0.399 e. The van der Waals surface area contributed by atoms with Crippen molar-refractivity contribution in [2.24, 2.45) is 0 Å². The van der Waals surface area contributed by atoms with Gasteiger partial charge in [0.25, 0.3) is 0 Å². The summed E-state index contributed by atoms with van der Waals surface area (Å²) in [6.07, 6.45) is -4.35. The average molecular weight is 232 g/mol. The molecule has 0 aliphatic heterocycles. The lowest BCUT2D eigenvalue weighted by Gasteiger charge is -2.27. The van der Waals surface area contributed by atoms with Crippen molar-refractivity contribution in [3.63, 3.8) is 0 Å². The molecule has 5 heteroatoms. The van der Waals surface area contributed by atoms with Gasteiger partial charge in [-0.1, -0.05) is 0 Å². The highest BCUT2D eigenvalue weighted by Gasteiger charge is 2.34. The lowest BCUT2D eigenvalue weighted by Crippen LogP contribution is -2.28. The summed E-state index contributed by atoms with van der Waals surface area (Å²) in [5, 5.41) is 0. The van der Waals surface area contributed by atoms with Crippen LogP contribution < -0.4 is 10.6 Å². The van der Waals surface area contributed by atoms with Gasteiger partial charge in [-0.05, 0) is 32.0 Å². The molecular weight excluding hydrogens is 217 g/mol. The van der Waals surface area contributed by atoms with Gasteiger partial charge in [0.15, 0.2) is 0 Å². The molecule has 0 spiro atoms. The van der Waals surface area contributed by atoms with Gasteiger partial charge in [-0.25, -0.2) is 0 Å². The number of hydrogen-bond acceptors (Lipinski definition) is 2. The normalized spacial score (nSPS) is 11.9. The van der Waals surface area contributed by atoms with E-state index < -0.39 is 11.7 Å². The lowest BCUT2D eigenvalue weighted by atomic mass is 10.1. The van der Waals surface area contributed by atoms with Crippen molar-refractivity contribution in [3.05, 3.63) is 23.8 Å². The highest BCUT2D eigenvalue weighted by Crippen LogP contribution is 2.37. The zero-order valence-electron chi connectivity index (χ0n) is 9.47. The predicted octanol–water partition coefficient (Wildman–Crippen LogP) is 3.13. The molecular formula is C11H15F3N2. The van der Waals surface area contributed by atoms with Crippen molar-refractivity contribution in [1.82, 2.24) is 0 Å². The Morgan fingerprint density at radius 3 is 2.25 bits per heavy atom.